The summed E-state index contributed by atoms with van der Waals surface area (Å²) < 4.78 is 0. The zero-order chi connectivity index (χ0) is 10.2. The molecule has 0 saturated heterocycles. The van der Waals surface area contributed by atoms with E-state index in [0.29, 0.717) is 0 Å². The van der Waals surface area contributed by atoms with Gasteiger partial charge in [0.15, 0.2) is 0 Å². The molecule has 0 fully saturated rings. The van der Waals surface area contributed by atoms with Crippen LogP contribution >= 0.6 is 0 Å². The van der Waals surface area contributed by atoms with E-state index >= 15 is 0 Å². The Morgan fingerprint density at radius 1 is 1.07 bits per heavy atom. The summed E-state index contributed by atoms with van der Waals surface area (Å²) in [4.78, 5) is 1.56. The van der Waals surface area contributed by atoms with Gasteiger partial charge in [-0.25, -0.2) is 0 Å². The first-order valence-corrected chi connectivity index (χ1v) is 6.05. The van der Waals surface area contributed by atoms with Crippen LogP contribution in [0.5, 0.6) is 0 Å². The molecule has 0 bridgehead atoms. The number of nitrogens with one attached hydrogen (secondary N) is 1. The van der Waals surface area contributed by atoms with Crippen LogP contribution in [-0.4, -0.2) is 6.54 Å². The molecular weight excluding hydrogens is 189 g/mol. The molecule has 0 aromatic carbocycles. The molecule has 0 spiro atoms. The maximum absolute atomic E-state index is 2.27. The average molecular weight is 213 g/mol. The third kappa shape index (κ3) is 5.73. The van der Waals surface area contributed by atoms with E-state index in [1.54, 1.807) is 4.90 Å². The average Bonchev–Trinajstić information content (AvgIpc) is 2.58. The highest BCUT2D eigenvalue weighted by atomic mass is 19.0. The van der Waals surface area contributed by atoms with Crippen LogP contribution in [-0.2, 0) is 0 Å². The smallest absolute Gasteiger partial charge is 0.109 e. The number of unbranched alkanes of at least 4 members (excludes halogenated alkanes) is 5. The Morgan fingerprint density at radius 2 is 1.73 bits per heavy atom. The molecule has 2 heteroatoms. The Balaban J connectivity index is 0.00000196. The molecule has 1 heterocycles. The molecule has 1 N–H and O–H groups in total. The van der Waals surface area contributed by atoms with Gasteiger partial charge >= 0.3 is 0 Å². The van der Waals surface area contributed by atoms with Crippen molar-refractivity contribution in [1.29, 1.82) is 0 Å². The fraction of sp³-hybridized carbons (Fsp3) is 0.692. The molecule has 1 unspecified atom stereocenters. The SMILES string of the molecule is CCCCCCCC[NH+]1C=CC=C1C.[F-]. The number of hydrogen-bond acceptors (Lipinski definition) is 0. The van der Waals surface area contributed by atoms with Crippen molar-refractivity contribution in [3.8, 4) is 0 Å². The third-order valence-corrected chi connectivity index (χ3v) is 2.95. The summed E-state index contributed by atoms with van der Waals surface area (Å²) >= 11 is 0. The fourth-order valence-electron chi connectivity index (χ4n) is 1.92. The topological polar surface area (TPSA) is 4.44 Å². The lowest BCUT2D eigenvalue weighted by Crippen LogP contribution is -3.04. The van der Waals surface area contributed by atoms with Gasteiger partial charge in [-0.3, -0.25) is 4.90 Å². The van der Waals surface area contributed by atoms with Crippen molar-refractivity contribution in [2.24, 2.45) is 0 Å². The van der Waals surface area contributed by atoms with Crippen molar-refractivity contribution >= 4 is 0 Å². The van der Waals surface area contributed by atoms with Crippen molar-refractivity contribution in [3.05, 3.63) is 24.0 Å². The monoisotopic (exact) mass is 213 g/mol. The van der Waals surface area contributed by atoms with Crippen LogP contribution in [0.1, 0.15) is 52.4 Å². The van der Waals surface area contributed by atoms with Crippen molar-refractivity contribution in [2.45, 2.75) is 52.4 Å². The highest BCUT2D eigenvalue weighted by Crippen LogP contribution is 2.04. The van der Waals surface area contributed by atoms with Crippen LogP contribution in [0.25, 0.3) is 0 Å². The first kappa shape index (κ1) is 14.4. The Kier molecular flexibility index (Phi) is 8.30. The zero-order valence-electron chi connectivity index (χ0n) is 10.1. The van der Waals surface area contributed by atoms with Crippen molar-refractivity contribution in [1.82, 2.24) is 0 Å². The fourth-order valence-corrected chi connectivity index (χ4v) is 1.92. The molecular formula is C13H24FN. The van der Waals surface area contributed by atoms with Gasteiger partial charge < -0.3 is 4.70 Å². The van der Waals surface area contributed by atoms with Gasteiger partial charge in [-0.15, -0.1) is 0 Å². The van der Waals surface area contributed by atoms with Gasteiger partial charge in [0.2, 0.25) is 0 Å². The van der Waals surface area contributed by atoms with E-state index < -0.39 is 0 Å². The summed E-state index contributed by atoms with van der Waals surface area (Å²) in [6.45, 7) is 5.77. The molecule has 0 radical (unpaired) electrons. The molecule has 0 aromatic heterocycles. The summed E-state index contributed by atoms with van der Waals surface area (Å²) in [5.41, 5.74) is 1.47. The highest BCUT2D eigenvalue weighted by molar-refractivity contribution is 5.08. The molecule has 1 nitrogen and oxygen atoms in total. The Labute approximate surface area is 93.2 Å². The van der Waals surface area contributed by atoms with Crippen LogP contribution in [0.2, 0.25) is 0 Å². The van der Waals surface area contributed by atoms with Crippen LogP contribution in [0.4, 0.5) is 0 Å². The minimum absolute atomic E-state index is 0. The summed E-state index contributed by atoms with van der Waals surface area (Å²) in [5, 5.41) is 0. The summed E-state index contributed by atoms with van der Waals surface area (Å²) in [6, 6.07) is 0. The van der Waals surface area contributed by atoms with Crippen LogP contribution in [0, 0.1) is 0 Å². The van der Waals surface area contributed by atoms with Crippen molar-refractivity contribution < 1.29 is 9.60 Å². The van der Waals surface area contributed by atoms with Gasteiger partial charge in [0, 0.05) is 6.92 Å². The maximum Gasteiger partial charge on any atom is 0.109 e. The first-order valence-electron chi connectivity index (χ1n) is 6.05. The number of allylic oxidation sites excluding steroid dienone is 3. The number of hydrogen-bond donors (Lipinski definition) is 1. The number of rotatable bonds is 7. The van der Waals surface area contributed by atoms with E-state index in [-0.39, 0.29) is 4.70 Å². The van der Waals surface area contributed by atoms with Gasteiger partial charge in [0.25, 0.3) is 0 Å². The minimum Gasteiger partial charge on any atom is -1.00 e. The lowest BCUT2D eigenvalue weighted by Gasteiger charge is -2.10. The summed E-state index contributed by atoms with van der Waals surface area (Å²) in [6.07, 6.45) is 15.0. The Bertz CT molecular complexity index is 209. The summed E-state index contributed by atoms with van der Waals surface area (Å²) in [7, 11) is 0. The lowest BCUT2D eigenvalue weighted by molar-refractivity contribution is -0.802. The predicted octanol–water partition coefficient (Wildman–Crippen LogP) is -0.333. The number of quaternary nitrogens is 1. The normalized spacial score (nSPS) is 18.8. The van der Waals surface area contributed by atoms with E-state index in [0.717, 1.165) is 0 Å². The van der Waals surface area contributed by atoms with Gasteiger partial charge in [-0.1, -0.05) is 32.6 Å². The molecule has 1 rings (SSSR count). The standard InChI is InChI=1S/C13H23N.FH/c1-3-4-5-6-7-8-11-14-12-9-10-13(14)2;/h9-10,12H,3-8,11H2,1-2H3;1H. The predicted molar refractivity (Wildman–Crippen MR) is 62.1 cm³/mol. The second kappa shape index (κ2) is 8.66. The first-order chi connectivity index (χ1) is 6.84. The van der Waals surface area contributed by atoms with Crippen LogP contribution in [0.3, 0.4) is 0 Å². The molecule has 15 heavy (non-hydrogen) atoms. The van der Waals surface area contributed by atoms with Gasteiger partial charge in [-0.05, 0) is 25.0 Å². The van der Waals surface area contributed by atoms with Gasteiger partial charge in [-0.2, -0.15) is 0 Å². The third-order valence-electron chi connectivity index (χ3n) is 2.95. The molecule has 1 atom stereocenters. The van der Waals surface area contributed by atoms with Crippen molar-refractivity contribution in [2.75, 3.05) is 6.54 Å². The molecule has 1 aliphatic heterocycles. The quantitative estimate of drug-likeness (QED) is 0.552. The second-order valence-corrected chi connectivity index (χ2v) is 4.25. The second-order valence-electron chi connectivity index (χ2n) is 4.25. The van der Waals surface area contributed by atoms with E-state index in [9.17, 15) is 0 Å². The van der Waals surface area contributed by atoms with Crippen LogP contribution < -0.4 is 9.60 Å². The minimum atomic E-state index is 0. The van der Waals surface area contributed by atoms with Crippen molar-refractivity contribution in [3.63, 3.8) is 0 Å². The highest BCUT2D eigenvalue weighted by Gasteiger charge is 2.10. The molecule has 0 amide bonds. The molecule has 0 aliphatic carbocycles. The van der Waals surface area contributed by atoms with Gasteiger partial charge in [0.05, 0.1) is 12.7 Å². The molecule has 0 saturated carbocycles. The number of halogens is 1. The summed E-state index contributed by atoms with van der Waals surface area (Å²) in [5.74, 6) is 0. The molecule has 0 aromatic rings. The Morgan fingerprint density at radius 3 is 2.33 bits per heavy atom. The van der Waals surface area contributed by atoms with E-state index in [1.807, 2.05) is 0 Å². The maximum atomic E-state index is 2.27. The zero-order valence-corrected chi connectivity index (χ0v) is 10.1. The largest absolute Gasteiger partial charge is 1.00 e. The van der Waals surface area contributed by atoms with E-state index in [2.05, 4.69) is 32.2 Å². The lowest BCUT2D eigenvalue weighted by atomic mass is 10.1. The van der Waals surface area contributed by atoms with E-state index in [1.165, 1.54) is 50.8 Å². The molecule has 1 aliphatic rings. The van der Waals surface area contributed by atoms with E-state index in [4.69, 9.17) is 0 Å². The Hall–Kier alpha value is -0.630. The van der Waals surface area contributed by atoms with Crippen LogP contribution in [0.15, 0.2) is 24.0 Å². The molecule has 88 valence electrons. The van der Waals surface area contributed by atoms with Gasteiger partial charge in [0.1, 0.15) is 5.70 Å².